The number of ether oxygens (including phenoxy) is 3. The van der Waals surface area contributed by atoms with Crippen LogP contribution in [0.25, 0.3) is 11.1 Å². The van der Waals surface area contributed by atoms with Crippen LogP contribution in [-0.2, 0) is 0 Å². The number of methoxy groups -OCH3 is 3. The minimum Gasteiger partial charge on any atom is -0.613 e. The Labute approximate surface area is 91.5 Å². The van der Waals surface area contributed by atoms with E-state index in [9.17, 15) is 5.21 Å². The number of fused-ring (bicyclic) bond motifs is 1. The molecule has 86 valence electrons. The van der Waals surface area contributed by atoms with E-state index < -0.39 is 0 Å². The van der Waals surface area contributed by atoms with E-state index in [0.29, 0.717) is 21.8 Å². The number of hydrogen-bond acceptors (Lipinski definition) is 5. The number of oxazole rings is 1. The van der Waals surface area contributed by atoms with Crippen LogP contribution in [0, 0.1) is 5.21 Å². The minimum atomic E-state index is -0.137. The van der Waals surface area contributed by atoms with Crippen molar-refractivity contribution in [2.75, 3.05) is 21.3 Å². The highest BCUT2D eigenvalue weighted by molar-refractivity contribution is 5.79. The van der Waals surface area contributed by atoms with Crippen LogP contribution in [0.3, 0.4) is 0 Å². The molecule has 0 aliphatic heterocycles. The molecule has 2 rings (SSSR count). The van der Waals surface area contributed by atoms with Crippen molar-refractivity contribution in [1.29, 1.82) is 0 Å². The Morgan fingerprint density at radius 1 is 1.12 bits per heavy atom. The first-order chi connectivity index (χ1) is 7.71. The van der Waals surface area contributed by atoms with Gasteiger partial charge in [0.05, 0.1) is 21.3 Å². The molecule has 6 nitrogen and oxygen atoms in total. The van der Waals surface area contributed by atoms with Gasteiger partial charge in [0.25, 0.3) is 0 Å². The van der Waals surface area contributed by atoms with Gasteiger partial charge in [-0.3, -0.25) is 0 Å². The molecule has 0 saturated heterocycles. The van der Waals surface area contributed by atoms with Crippen molar-refractivity contribution in [3.63, 3.8) is 0 Å². The van der Waals surface area contributed by atoms with Gasteiger partial charge in [-0.05, 0) is 0 Å². The van der Waals surface area contributed by atoms with E-state index in [0.717, 1.165) is 0 Å². The Hall–Kier alpha value is -2.11. The molecule has 1 aromatic carbocycles. The number of benzene rings is 1. The third-order valence-corrected chi connectivity index (χ3v) is 2.21. The summed E-state index contributed by atoms with van der Waals surface area (Å²) in [5.41, 5.74) is 0.628. The zero-order chi connectivity index (χ0) is 11.7. The van der Waals surface area contributed by atoms with Gasteiger partial charge < -0.3 is 23.8 Å². The zero-order valence-electron chi connectivity index (χ0n) is 9.14. The van der Waals surface area contributed by atoms with E-state index >= 15 is 0 Å². The van der Waals surface area contributed by atoms with Crippen LogP contribution in [0.15, 0.2) is 16.5 Å². The lowest BCUT2D eigenvalue weighted by atomic mass is 10.3. The van der Waals surface area contributed by atoms with E-state index in [1.807, 2.05) is 0 Å². The van der Waals surface area contributed by atoms with E-state index in [1.165, 1.54) is 21.3 Å². The van der Waals surface area contributed by atoms with Crippen molar-refractivity contribution in [3.8, 4) is 17.6 Å². The van der Waals surface area contributed by atoms with Crippen LogP contribution in [0.1, 0.15) is 0 Å². The molecule has 0 atom stereocenters. The molecule has 0 unspecified atom stereocenters. The molecule has 0 N–H and O–H groups in total. The maximum atomic E-state index is 11.7. The van der Waals surface area contributed by atoms with Gasteiger partial charge in [-0.2, -0.15) is 0 Å². The number of nitrogens with zero attached hydrogens (tertiary/aromatic N) is 1. The van der Waals surface area contributed by atoms with E-state index in [1.54, 1.807) is 12.1 Å². The predicted octanol–water partition coefficient (Wildman–Crippen LogP) is 1.09. The number of hydrogen-bond donors (Lipinski definition) is 0. The quantitative estimate of drug-likeness (QED) is 0.577. The topological polar surface area (TPSA) is 67.8 Å². The highest BCUT2D eigenvalue weighted by atomic mass is 16.6. The lowest BCUT2D eigenvalue weighted by Crippen LogP contribution is -2.26. The Balaban J connectivity index is 2.76. The summed E-state index contributed by atoms with van der Waals surface area (Å²) in [6.45, 7) is 0. The lowest BCUT2D eigenvalue weighted by molar-refractivity contribution is -0.591. The lowest BCUT2D eigenvalue weighted by Gasteiger charge is -2.02. The largest absolute Gasteiger partial charge is 0.613 e. The second-order valence-corrected chi connectivity index (χ2v) is 3.04. The maximum Gasteiger partial charge on any atom is 0.573 e. The summed E-state index contributed by atoms with van der Waals surface area (Å²) in [5, 5.41) is 11.7. The molecule has 6 heteroatoms. The predicted molar refractivity (Wildman–Crippen MR) is 54.8 cm³/mol. The van der Waals surface area contributed by atoms with Crippen LogP contribution >= 0.6 is 0 Å². The molecule has 0 aliphatic rings. The molecule has 1 aromatic heterocycles. The third-order valence-electron chi connectivity index (χ3n) is 2.21. The van der Waals surface area contributed by atoms with Crippen LogP contribution < -0.4 is 18.9 Å². The zero-order valence-corrected chi connectivity index (χ0v) is 9.14. The van der Waals surface area contributed by atoms with Crippen molar-refractivity contribution < 1.29 is 23.4 Å². The summed E-state index contributed by atoms with van der Waals surface area (Å²) in [7, 11) is 4.34. The van der Waals surface area contributed by atoms with Crippen LogP contribution in [0.4, 0.5) is 0 Å². The van der Waals surface area contributed by atoms with Gasteiger partial charge in [0.1, 0.15) is 5.75 Å². The van der Waals surface area contributed by atoms with Gasteiger partial charge in [-0.15, -0.1) is 0 Å². The first kappa shape index (κ1) is 10.4. The smallest absolute Gasteiger partial charge is 0.573 e. The Bertz CT molecular complexity index is 519. The van der Waals surface area contributed by atoms with E-state index in [4.69, 9.17) is 18.6 Å². The molecule has 0 amide bonds. The monoisotopic (exact) mass is 225 g/mol. The molecule has 0 aliphatic carbocycles. The van der Waals surface area contributed by atoms with Gasteiger partial charge >= 0.3 is 11.6 Å². The fourth-order valence-electron chi connectivity index (χ4n) is 1.46. The van der Waals surface area contributed by atoms with Crippen molar-refractivity contribution in [2.24, 2.45) is 0 Å². The maximum absolute atomic E-state index is 11.7. The van der Waals surface area contributed by atoms with Crippen molar-refractivity contribution in [2.45, 2.75) is 0 Å². The Morgan fingerprint density at radius 3 is 2.44 bits per heavy atom. The van der Waals surface area contributed by atoms with E-state index in [-0.39, 0.29) is 11.6 Å². The average molecular weight is 225 g/mol. The first-order valence-corrected chi connectivity index (χ1v) is 4.53. The minimum absolute atomic E-state index is 0.137. The fraction of sp³-hybridized carbons (Fsp3) is 0.300. The average Bonchev–Trinajstić information content (AvgIpc) is 2.65. The molecule has 0 radical (unpaired) electrons. The highest BCUT2D eigenvalue weighted by Gasteiger charge is 2.24. The molecular formula is C10H11NO5. The van der Waals surface area contributed by atoms with Crippen molar-refractivity contribution >= 4 is 11.1 Å². The van der Waals surface area contributed by atoms with Crippen LogP contribution in [0.5, 0.6) is 17.6 Å². The van der Waals surface area contributed by atoms with Gasteiger partial charge in [-0.25, -0.2) is 0 Å². The molecule has 1 heterocycles. The molecule has 16 heavy (non-hydrogen) atoms. The van der Waals surface area contributed by atoms with Crippen molar-refractivity contribution in [1.82, 2.24) is 0 Å². The molecule has 0 fully saturated rings. The summed E-state index contributed by atoms with van der Waals surface area (Å²) >= 11 is 0. The summed E-state index contributed by atoms with van der Waals surface area (Å²) in [5.74, 6) is 0.915. The van der Waals surface area contributed by atoms with Gasteiger partial charge in [0.2, 0.25) is 5.58 Å². The summed E-state index contributed by atoms with van der Waals surface area (Å²) in [4.78, 5) is 0. The molecule has 0 saturated carbocycles. The standard InChI is InChI=1S/C10H11NO5/c1-13-6-4-7(14-2)9-8(5-6)16-10(15-3)11(9)12/h4-5H,1-3H3. The summed E-state index contributed by atoms with van der Waals surface area (Å²) in [6, 6.07) is 3.19. The molecule has 0 spiro atoms. The Morgan fingerprint density at radius 2 is 1.88 bits per heavy atom. The number of aromatic nitrogens is 1. The van der Waals surface area contributed by atoms with Gasteiger partial charge in [-0.1, -0.05) is 4.73 Å². The van der Waals surface area contributed by atoms with E-state index in [2.05, 4.69) is 0 Å². The SMILES string of the molecule is COc1cc(OC)c2c(c1)oc(OC)[n+]2[O-]. The van der Waals surface area contributed by atoms with Crippen LogP contribution in [0.2, 0.25) is 0 Å². The molecular weight excluding hydrogens is 214 g/mol. The van der Waals surface area contributed by atoms with Crippen LogP contribution in [-0.4, -0.2) is 21.3 Å². The second kappa shape index (κ2) is 3.80. The first-order valence-electron chi connectivity index (χ1n) is 4.53. The fourth-order valence-corrected chi connectivity index (χ4v) is 1.46. The molecule has 2 aromatic rings. The van der Waals surface area contributed by atoms with Gasteiger partial charge in [0.15, 0.2) is 5.75 Å². The van der Waals surface area contributed by atoms with Gasteiger partial charge in [0, 0.05) is 12.1 Å². The normalized spacial score (nSPS) is 10.4. The number of rotatable bonds is 3. The van der Waals surface area contributed by atoms with Crippen molar-refractivity contribution in [3.05, 3.63) is 17.3 Å². The molecule has 0 bridgehead atoms. The summed E-state index contributed by atoms with van der Waals surface area (Å²) < 4.78 is 20.7. The Kier molecular flexibility index (Phi) is 2.47. The third kappa shape index (κ3) is 1.39. The summed E-state index contributed by atoms with van der Waals surface area (Å²) in [6.07, 6.45) is -0.137. The highest BCUT2D eigenvalue weighted by Crippen LogP contribution is 2.31. The second-order valence-electron chi connectivity index (χ2n) is 3.04.